The third-order valence-electron chi connectivity index (χ3n) is 5.19. The molecule has 1 aromatic carbocycles. The molecule has 2 atom stereocenters. The molecule has 0 radical (unpaired) electrons. The molecule has 1 heterocycles. The summed E-state index contributed by atoms with van der Waals surface area (Å²) >= 11 is 5.98. The van der Waals surface area contributed by atoms with Gasteiger partial charge >= 0.3 is 6.03 Å². The minimum absolute atomic E-state index is 0.00463. The fourth-order valence-corrected chi connectivity index (χ4v) is 3.67. The van der Waals surface area contributed by atoms with Gasteiger partial charge in [-0.05, 0) is 55.2 Å². The first-order valence-corrected chi connectivity index (χ1v) is 8.97. The van der Waals surface area contributed by atoms with Crippen molar-refractivity contribution in [1.82, 2.24) is 10.2 Å². The van der Waals surface area contributed by atoms with E-state index in [1.165, 1.54) is 6.42 Å². The Labute approximate surface area is 142 Å². The quantitative estimate of drug-likeness (QED) is 0.882. The molecule has 2 fully saturated rings. The molecule has 4 nitrogen and oxygen atoms in total. The van der Waals surface area contributed by atoms with E-state index in [0.29, 0.717) is 17.5 Å². The van der Waals surface area contributed by atoms with Crippen LogP contribution in [0, 0.1) is 11.8 Å². The van der Waals surface area contributed by atoms with Crippen LogP contribution in [-0.4, -0.2) is 35.7 Å². The SMILES string of the molecule is O=C(N[C@H](c1ccc(Cl)cc1)C1CCC1)N1CCC[C@@H](CO)C1. The largest absolute Gasteiger partial charge is 0.396 e. The summed E-state index contributed by atoms with van der Waals surface area (Å²) in [5.74, 6) is 0.728. The van der Waals surface area contributed by atoms with Crippen LogP contribution in [-0.2, 0) is 0 Å². The van der Waals surface area contributed by atoms with Crippen molar-refractivity contribution in [1.29, 1.82) is 0 Å². The highest BCUT2D eigenvalue weighted by Crippen LogP contribution is 2.38. The smallest absolute Gasteiger partial charge is 0.317 e. The van der Waals surface area contributed by atoms with Gasteiger partial charge in [0.2, 0.25) is 0 Å². The molecule has 3 rings (SSSR count). The Hall–Kier alpha value is -1.26. The molecule has 1 aromatic rings. The Morgan fingerprint density at radius 2 is 2.00 bits per heavy atom. The van der Waals surface area contributed by atoms with Gasteiger partial charge in [-0.1, -0.05) is 30.2 Å². The molecule has 0 aromatic heterocycles. The lowest BCUT2D eigenvalue weighted by Gasteiger charge is -2.38. The first kappa shape index (κ1) is 16.6. The monoisotopic (exact) mass is 336 g/mol. The molecular formula is C18H25ClN2O2. The Bertz CT molecular complexity index is 530. The van der Waals surface area contributed by atoms with Crippen molar-refractivity contribution >= 4 is 17.6 Å². The number of aliphatic hydroxyl groups excluding tert-OH is 1. The van der Waals surface area contributed by atoms with Gasteiger partial charge in [-0.25, -0.2) is 4.79 Å². The predicted molar refractivity (Wildman–Crippen MR) is 91.4 cm³/mol. The van der Waals surface area contributed by atoms with E-state index in [1.54, 1.807) is 0 Å². The third kappa shape index (κ3) is 3.99. The van der Waals surface area contributed by atoms with Crippen LogP contribution in [0.4, 0.5) is 4.79 Å². The number of nitrogens with zero attached hydrogens (tertiary/aromatic N) is 1. The Balaban J connectivity index is 1.68. The zero-order valence-corrected chi connectivity index (χ0v) is 14.1. The summed E-state index contributed by atoms with van der Waals surface area (Å²) in [5, 5.41) is 13.3. The zero-order chi connectivity index (χ0) is 16.2. The van der Waals surface area contributed by atoms with Crippen LogP contribution in [0.25, 0.3) is 0 Å². The van der Waals surface area contributed by atoms with E-state index < -0.39 is 0 Å². The van der Waals surface area contributed by atoms with Crippen LogP contribution in [0.2, 0.25) is 5.02 Å². The van der Waals surface area contributed by atoms with Gasteiger partial charge in [0.1, 0.15) is 0 Å². The van der Waals surface area contributed by atoms with Gasteiger partial charge in [-0.3, -0.25) is 0 Å². The maximum atomic E-state index is 12.7. The lowest BCUT2D eigenvalue weighted by Crippen LogP contribution is -2.48. The molecule has 5 heteroatoms. The van der Waals surface area contributed by atoms with E-state index in [-0.39, 0.29) is 24.6 Å². The lowest BCUT2D eigenvalue weighted by molar-refractivity contribution is 0.123. The first-order valence-electron chi connectivity index (χ1n) is 8.59. The lowest BCUT2D eigenvalue weighted by atomic mass is 9.77. The second kappa shape index (κ2) is 7.54. The Kier molecular flexibility index (Phi) is 5.44. The minimum Gasteiger partial charge on any atom is -0.396 e. The summed E-state index contributed by atoms with van der Waals surface area (Å²) in [5.41, 5.74) is 1.13. The van der Waals surface area contributed by atoms with Gasteiger partial charge in [0, 0.05) is 24.7 Å². The number of piperidine rings is 1. The fraction of sp³-hybridized carbons (Fsp3) is 0.611. The van der Waals surface area contributed by atoms with Crippen LogP contribution >= 0.6 is 11.6 Å². The number of urea groups is 1. The summed E-state index contributed by atoms with van der Waals surface area (Å²) in [6.07, 6.45) is 5.53. The van der Waals surface area contributed by atoms with Gasteiger partial charge < -0.3 is 15.3 Å². The number of benzene rings is 1. The van der Waals surface area contributed by atoms with Crippen molar-refractivity contribution in [2.24, 2.45) is 11.8 Å². The van der Waals surface area contributed by atoms with Gasteiger partial charge in [0.25, 0.3) is 0 Å². The summed E-state index contributed by atoms with van der Waals surface area (Å²) in [4.78, 5) is 14.5. The molecule has 1 aliphatic carbocycles. The molecule has 0 spiro atoms. The van der Waals surface area contributed by atoms with Crippen molar-refractivity contribution in [3.63, 3.8) is 0 Å². The molecule has 23 heavy (non-hydrogen) atoms. The molecule has 126 valence electrons. The molecular weight excluding hydrogens is 312 g/mol. The maximum Gasteiger partial charge on any atom is 0.317 e. The van der Waals surface area contributed by atoms with Crippen molar-refractivity contribution < 1.29 is 9.90 Å². The number of hydrogen-bond donors (Lipinski definition) is 2. The highest BCUT2D eigenvalue weighted by Gasteiger charge is 2.32. The number of carbonyl (C=O) groups is 1. The summed E-state index contributed by atoms with van der Waals surface area (Å²) in [7, 11) is 0. The van der Waals surface area contributed by atoms with Crippen LogP contribution < -0.4 is 5.32 Å². The standard InChI is InChI=1S/C18H25ClN2O2/c19-16-8-6-15(7-9-16)17(14-4-1-5-14)20-18(23)21-10-2-3-13(11-21)12-22/h6-9,13-14,17,22H,1-5,10-12H2,(H,20,23)/t13-,17+/m1/s1. The molecule has 1 saturated carbocycles. The molecule has 0 unspecified atom stereocenters. The molecule has 2 amide bonds. The van der Waals surface area contributed by atoms with Crippen molar-refractivity contribution in [3.05, 3.63) is 34.9 Å². The normalized spacial score (nSPS) is 23.2. The van der Waals surface area contributed by atoms with Crippen LogP contribution in [0.1, 0.15) is 43.7 Å². The number of carbonyl (C=O) groups excluding carboxylic acids is 1. The van der Waals surface area contributed by atoms with Gasteiger partial charge in [-0.2, -0.15) is 0 Å². The van der Waals surface area contributed by atoms with Crippen LogP contribution in [0.5, 0.6) is 0 Å². The van der Waals surface area contributed by atoms with Crippen molar-refractivity contribution in [2.45, 2.75) is 38.1 Å². The highest BCUT2D eigenvalue weighted by atomic mass is 35.5. The Morgan fingerprint density at radius 3 is 2.61 bits per heavy atom. The average Bonchev–Trinajstić information content (AvgIpc) is 2.53. The molecule has 1 saturated heterocycles. The van der Waals surface area contributed by atoms with E-state index in [4.69, 9.17) is 11.6 Å². The van der Waals surface area contributed by atoms with E-state index >= 15 is 0 Å². The molecule has 2 N–H and O–H groups in total. The molecule has 0 bridgehead atoms. The van der Waals surface area contributed by atoms with Crippen molar-refractivity contribution in [2.75, 3.05) is 19.7 Å². The topological polar surface area (TPSA) is 52.6 Å². The van der Waals surface area contributed by atoms with Crippen LogP contribution in [0.3, 0.4) is 0 Å². The number of nitrogens with one attached hydrogen (secondary N) is 1. The number of aliphatic hydroxyl groups is 1. The summed E-state index contributed by atoms with van der Waals surface area (Å²) in [6, 6.07) is 7.85. The van der Waals surface area contributed by atoms with Gasteiger partial charge in [0.05, 0.1) is 6.04 Å². The maximum absolute atomic E-state index is 12.7. The minimum atomic E-state index is -0.00463. The number of rotatable bonds is 4. The summed E-state index contributed by atoms with van der Waals surface area (Å²) in [6.45, 7) is 1.59. The fourth-order valence-electron chi connectivity index (χ4n) is 3.54. The van der Waals surface area contributed by atoms with Gasteiger partial charge in [0.15, 0.2) is 0 Å². The first-order chi connectivity index (χ1) is 11.2. The Morgan fingerprint density at radius 1 is 1.26 bits per heavy atom. The van der Waals surface area contributed by atoms with Gasteiger partial charge in [-0.15, -0.1) is 0 Å². The third-order valence-corrected chi connectivity index (χ3v) is 5.45. The second-order valence-corrected chi connectivity index (χ2v) is 7.24. The van der Waals surface area contributed by atoms with Crippen LogP contribution in [0.15, 0.2) is 24.3 Å². The van der Waals surface area contributed by atoms with E-state index in [1.807, 2.05) is 29.2 Å². The number of amides is 2. The average molecular weight is 337 g/mol. The number of hydrogen-bond acceptors (Lipinski definition) is 2. The second-order valence-electron chi connectivity index (χ2n) is 6.81. The number of halogens is 1. The molecule has 1 aliphatic heterocycles. The van der Waals surface area contributed by atoms with E-state index in [2.05, 4.69) is 5.32 Å². The van der Waals surface area contributed by atoms with E-state index in [9.17, 15) is 9.90 Å². The molecule has 2 aliphatic rings. The zero-order valence-electron chi connectivity index (χ0n) is 13.4. The summed E-state index contributed by atoms with van der Waals surface area (Å²) < 4.78 is 0. The predicted octanol–water partition coefficient (Wildman–Crippen LogP) is 3.60. The number of likely N-dealkylation sites (tertiary alicyclic amines) is 1. The highest BCUT2D eigenvalue weighted by molar-refractivity contribution is 6.30. The van der Waals surface area contributed by atoms with E-state index in [0.717, 1.165) is 37.8 Å². The van der Waals surface area contributed by atoms with Crippen molar-refractivity contribution in [3.8, 4) is 0 Å².